The third-order valence-electron chi connectivity index (χ3n) is 3.05. The topological polar surface area (TPSA) is 64.9 Å². The first-order chi connectivity index (χ1) is 7.94. The minimum atomic E-state index is -0.263. The van der Waals surface area contributed by atoms with Gasteiger partial charge in [-0.25, -0.2) is 0 Å². The Balaban J connectivity index is 2.09. The van der Waals surface area contributed by atoms with Gasteiger partial charge >= 0.3 is 0 Å². The molecule has 17 heavy (non-hydrogen) atoms. The van der Waals surface area contributed by atoms with Crippen LogP contribution in [0.5, 0.6) is 0 Å². The molecular weight excluding hydrogens is 214 g/mol. The van der Waals surface area contributed by atoms with Crippen molar-refractivity contribution in [1.29, 1.82) is 5.26 Å². The van der Waals surface area contributed by atoms with Gasteiger partial charge in [0.15, 0.2) is 0 Å². The highest BCUT2D eigenvalue weighted by atomic mass is 16.2. The van der Waals surface area contributed by atoms with Crippen LogP contribution in [0.15, 0.2) is 0 Å². The average Bonchev–Trinajstić information content (AvgIpc) is 3.08. The highest BCUT2D eigenvalue weighted by Gasteiger charge is 2.25. The fraction of sp³-hybridized carbons (Fsp3) is 0.846. The Labute approximate surface area is 104 Å². The molecule has 1 atom stereocenters. The number of carbonyl (C=O) groups excluding carboxylic acids is 1. The second-order valence-corrected chi connectivity index (χ2v) is 5.56. The fourth-order valence-electron chi connectivity index (χ4n) is 1.55. The van der Waals surface area contributed by atoms with Crippen molar-refractivity contribution in [3.05, 3.63) is 0 Å². The van der Waals surface area contributed by atoms with Crippen LogP contribution in [0.4, 0.5) is 0 Å². The molecule has 1 rings (SSSR count). The number of nitrogens with one attached hydrogen (secondary N) is 2. The van der Waals surface area contributed by atoms with Crippen LogP contribution in [0.2, 0.25) is 0 Å². The summed E-state index contributed by atoms with van der Waals surface area (Å²) in [6.45, 7) is 6.55. The quantitative estimate of drug-likeness (QED) is 0.661. The number of hydrogen-bond acceptors (Lipinski definition) is 3. The van der Waals surface area contributed by atoms with Gasteiger partial charge in [0.2, 0.25) is 5.91 Å². The first kappa shape index (κ1) is 14.0. The Bertz CT molecular complexity index is 302. The van der Waals surface area contributed by atoms with E-state index in [0.717, 1.165) is 32.2 Å². The SMILES string of the molecule is CC(NCCCC(C)(C)C#N)C(=O)NC1CC1. The molecule has 4 heteroatoms. The normalized spacial score (nSPS) is 17.3. The molecule has 0 aromatic carbocycles. The van der Waals surface area contributed by atoms with Crippen molar-refractivity contribution in [3.8, 4) is 6.07 Å². The van der Waals surface area contributed by atoms with E-state index in [1.54, 1.807) is 0 Å². The Hall–Kier alpha value is -1.08. The minimum Gasteiger partial charge on any atom is -0.352 e. The molecule has 96 valence electrons. The van der Waals surface area contributed by atoms with Gasteiger partial charge in [-0.05, 0) is 53.0 Å². The first-order valence-electron chi connectivity index (χ1n) is 6.39. The van der Waals surface area contributed by atoms with E-state index in [1.165, 1.54) is 0 Å². The average molecular weight is 237 g/mol. The maximum absolute atomic E-state index is 11.6. The summed E-state index contributed by atoms with van der Waals surface area (Å²) in [6.07, 6.45) is 4.01. The second-order valence-electron chi connectivity index (χ2n) is 5.56. The summed E-state index contributed by atoms with van der Waals surface area (Å²) in [4.78, 5) is 11.6. The molecule has 0 bridgehead atoms. The van der Waals surface area contributed by atoms with Crippen molar-refractivity contribution >= 4 is 5.91 Å². The van der Waals surface area contributed by atoms with Crippen LogP contribution < -0.4 is 10.6 Å². The molecule has 1 amide bonds. The van der Waals surface area contributed by atoms with E-state index in [2.05, 4.69) is 16.7 Å². The smallest absolute Gasteiger partial charge is 0.237 e. The lowest BCUT2D eigenvalue weighted by atomic mass is 9.90. The maximum atomic E-state index is 11.6. The van der Waals surface area contributed by atoms with Gasteiger partial charge in [-0.3, -0.25) is 4.79 Å². The standard InChI is InChI=1S/C13H23N3O/c1-10(12(17)16-11-5-6-11)15-8-4-7-13(2,3)9-14/h10-11,15H,4-8H2,1-3H3,(H,16,17). The zero-order valence-electron chi connectivity index (χ0n) is 11.0. The molecule has 0 aromatic rings. The van der Waals surface area contributed by atoms with Crippen molar-refractivity contribution in [2.75, 3.05) is 6.54 Å². The summed E-state index contributed by atoms with van der Waals surface area (Å²) in [7, 11) is 0. The van der Waals surface area contributed by atoms with Gasteiger partial charge in [0.25, 0.3) is 0 Å². The van der Waals surface area contributed by atoms with Crippen molar-refractivity contribution in [2.45, 2.75) is 58.5 Å². The van der Waals surface area contributed by atoms with Gasteiger partial charge in [0, 0.05) is 6.04 Å². The van der Waals surface area contributed by atoms with Crippen molar-refractivity contribution in [3.63, 3.8) is 0 Å². The summed E-state index contributed by atoms with van der Waals surface area (Å²) in [5, 5.41) is 15.0. The maximum Gasteiger partial charge on any atom is 0.237 e. The summed E-state index contributed by atoms with van der Waals surface area (Å²) in [6, 6.07) is 2.56. The van der Waals surface area contributed by atoms with Gasteiger partial charge in [-0.2, -0.15) is 5.26 Å². The molecule has 1 fully saturated rings. The van der Waals surface area contributed by atoms with E-state index in [0.29, 0.717) is 6.04 Å². The van der Waals surface area contributed by atoms with Crippen LogP contribution in [0.25, 0.3) is 0 Å². The number of hydrogen-bond donors (Lipinski definition) is 2. The molecule has 2 N–H and O–H groups in total. The number of carbonyl (C=O) groups is 1. The summed E-state index contributed by atoms with van der Waals surface area (Å²) < 4.78 is 0. The van der Waals surface area contributed by atoms with Crippen molar-refractivity contribution in [2.24, 2.45) is 5.41 Å². The highest BCUT2D eigenvalue weighted by molar-refractivity contribution is 5.81. The minimum absolute atomic E-state index is 0.0899. The number of rotatable bonds is 7. The van der Waals surface area contributed by atoms with E-state index in [9.17, 15) is 4.79 Å². The lowest BCUT2D eigenvalue weighted by Gasteiger charge is -2.17. The predicted molar refractivity (Wildman–Crippen MR) is 67.3 cm³/mol. The van der Waals surface area contributed by atoms with Crippen molar-refractivity contribution < 1.29 is 4.79 Å². The number of amides is 1. The molecular formula is C13H23N3O. The van der Waals surface area contributed by atoms with Crippen LogP contribution in [0, 0.1) is 16.7 Å². The summed E-state index contributed by atoms with van der Waals surface area (Å²) in [5.41, 5.74) is -0.263. The van der Waals surface area contributed by atoms with E-state index >= 15 is 0 Å². The molecule has 0 spiro atoms. The number of nitrogens with zero attached hydrogens (tertiary/aromatic N) is 1. The van der Waals surface area contributed by atoms with E-state index in [4.69, 9.17) is 5.26 Å². The van der Waals surface area contributed by atoms with Crippen LogP contribution >= 0.6 is 0 Å². The molecule has 0 heterocycles. The Morgan fingerprint density at radius 2 is 2.18 bits per heavy atom. The molecule has 0 saturated heterocycles. The van der Waals surface area contributed by atoms with Gasteiger partial charge in [-0.15, -0.1) is 0 Å². The summed E-state index contributed by atoms with van der Waals surface area (Å²) in [5.74, 6) is 0.0899. The molecule has 1 aliphatic carbocycles. The lowest BCUT2D eigenvalue weighted by Crippen LogP contribution is -2.43. The molecule has 1 aliphatic rings. The fourth-order valence-corrected chi connectivity index (χ4v) is 1.55. The predicted octanol–water partition coefficient (Wildman–Crippen LogP) is 1.57. The van der Waals surface area contributed by atoms with Gasteiger partial charge in [0.05, 0.1) is 17.5 Å². The molecule has 1 saturated carbocycles. The Morgan fingerprint density at radius 1 is 1.53 bits per heavy atom. The van der Waals surface area contributed by atoms with E-state index in [-0.39, 0.29) is 17.4 Å². The zero-order valence-corrected chi connectivity index (χ0v) is 11.0. The lowest BCUT2D eigenvalue weighted by molar-refractivity contribution is -0.122. The molecule has 4 nitrogen and oxygen atoms in total. The Morgan fingerprint density at radius 3 is 2.71 bits per heavy atom. The van der Waals surface area contributed by atoms with Crippen molar-refractivity contribution in [1.82, 2.24) is 10.6 Å². The highest BCUT2D eigenvalue weighted by Crippen LogP contribution is 2.20. The zero-order chi connectivity index (χ0) is 12.9. The van der Waals surface area contributed by atoms with Crippen LogP contribution in [-0.4, -0.2) is 24.5 Å². The van der Waals surface area contributed by atoms with Gasteiger partial charge < -0.3 is 10.6 Å². The van der Waals surface area contributed by atoms with Gasteiger partial charge in [-0.1, -0.05) is 0 Å². The second kappa shape index (κ2) is 6.02. The van der Waals surface area contributed by atoms with Gasteiger partial charge in [0.1, 0.15) is 0 Å². The molecule has 1 unspecified atom stereocenters. The third kappa shape index (κ3) is 5.69. The monoisotopic (exact) mass is 237 g/mol. The largest absolute Gasteiger partial charge is 0.352 e. The third-order valence-corrected chi connectivity index (χ3v) is 3.05. The molecule has 0 radical (unpaired) electrons. The van der Waals surface area contributed by atoms with Crippen LogP contribution in [-0.2, 0) is 4.79 Å². The Kier molecular flexibility index (Phi) is 4.95. The summed E-state index contributed by atoms with van der Waals surface area (Å²) >= 11 is 0. The number of nitriles is 1. The van der Waals surface area contributed by atoms with Crippen LogP contribution in [0.3, 0.4) is 0 Å². The molecule has 0 aromatic heterocycles. The van der Waals surface area contributed by atoms with E-state index < -0.39 is 0 Å². The molecule has 0 aliphatic heterocycles. The van der Waals surface area contributed by atoms with Crippen LogP contribution in [0.1, 0.15) is 46.5 Å². The van der Waals surface area contributed by atoms with E-state index in [1.807, 2.05) is 20.8 Å². The first-order valence-corrected chi connectivity index (χ1v) is 6.39.